The van der Waals surface area contributed by atoms with Crippen LogP contribution < -0.4 is 0 Å². The van der Waals surface area contributed by atoms with Gasteiger partial charge in [-0.3, -0.25) is 0 Å². The molecule has 0 aromatic heterocycles. The lowest BCUT2D eigenvalue weighted by atomic mass is 9.93. The van der Waals surface area contributed by atoms with E-state index in [4.69, 9.17) is 5.11 Å². The summed E-state index contributed by atoms with van der Waals surface area (Å²) in [5.74, 6) is -0.0549. The molecule has 0 aliphatic carbocycles. The molecule has 0 radical (unpaired) electrons. The maximum Gasteiger partial charge on any atom is 0.0836 e. The Balaban J connectivity index is 2.15. The molecule has 19 heavy (non-hydrogen) atoms. The second-order valence-electron chi connectivity index (χ2n) is 4.95. The van der Waals surface area contributed by atoms with E-state index in [1.165, 1.54) is 11.1 Å². The van der Waals surface area contributed by atoms with Crippen LogP contribution in [-0.2, 0) is 6.42 Å². The van der Waals surface area contributed by atoms with Gasteiger partial charge in [-0.05, 0) is 23.1 Å². The van der Waals surface area contributed by atoms with Crippen LogP contribution in [0.3, 0.4) is 0 Å². The third-order valence-corrected chi connectivity index (χ3v) is 3.49. The zero-order chi connectivity index (χ0) is 13.7. The van der Waals surface area contributed by atoms with Gasteiger partial charge in [-0.15, -0.1) is 0 Å². The number of aliphatic hydroxyl groups excluding tert-OH is 2. The monoisotopic (exact) mass is 256 g/mol. The minimum absolute atomic E-state index is 0.0549. The Morgan fingerprint density at radius 1 is 0.947 bits per heavy atom. The molecule has 2 atom stereocenters. The first-order valence-electron chi connectivity index (χ1n) is 6.62. The van der Waals surface area contributed by atoms with Gasteiger partial charge in [0.05, 0.1) is 12.7 Å². The number of hydrogen-bond donors (Lipinski definition) is 2. The Morgan fingerprint density at radius 3 is 2.32 bits per heavy atom. The molecule has 2 N–H and O–H groups in total. The summed E-state index contributed by atoms with van der Waals surface area (Å²) in [6, 6.07) is 18.5. The molecule has 0 fully saturated rings. The second kappa shape index (κ2) is 6.50. The third-order valence-electron chi connectivity index (χ3n) is 3.49. The Hall–Kier alpha value is -1.64. The number of aliphatic hydroxyl groups is 2. The van der Waals surface area contributed by atoms with Gasteiger partial charge in [0.15, 0.2) is 0 Å². The molecule has 0 spiro atoms. The lowest BCUT2D eigenvalue weighted by molar-refractivity contribution is 0.0772. The molecule has 0 bridgehead atoms. The molecule has 0 saturated carbocycles. The number of benzene rings is 2. The first-order chi connectivity index (χ1) is 9.20. The van der Waals surface area contributed by atoms with Crippen molar-refractivity contribution in [1.29, 1.82) is 0 Å². The summed E-state index contributed by atoms with van der Waals surface area (Å²) in [5.41, 5.74) is 3.56. The predicted molar refractivity (Wildman–Crippen MR) is 77.2 cm³/mol. The molecule has 0 aliphatic rings. The van der Waals surface area contributed by atoms with Gasteiger partial charge >= 0.3 is 0 Å². The lowest BCUT2D eigenvalue weighted by Gasteiger charge is -2.17. The van der Waals surface area contributed by atoms with Crippen LogP contribution in [0.5, 0.6) is 0 Å². The predicted octanol–water partition coefficient (Wildman–Crippen LogP) is 2.73. The van der Waals surface area contributed by atoms with Crippen molar-refractivity contribution < 1.29 is 10.2 Å². The van der Waals surface area contributed by atoms with E-state index in [0.717, 1.165) is 12.0 Å². The molecule has 0 unspecified atom stereocenters. The van der Waals surface area contributed by atoms with Gasteiger partial charge in [-0.1, -0.05) is 61.5 Å². The van der Waals surface area contributed by atoms with Crippen molar-refractivity contribution in [2.45, 2.75) is 25.4 Å². The van der Waals surface area contributed by atoms with Crippen molar-refractivity contribution in [3.8, 4) is 0 Å². The average Bonchev–Trinajstić information content (AvgIpc) is 2.47. The molecule has 2 nitrogen and oxygen atoms in total. The molecule has 0 saturated heterocycles. The maximum atomic E-state index is 9.71. The van der Waals surface area contributed by atoms with Crippen LogP contribution >= 0.6 is 0 Å². The van der Waals surface area contributed by atoms with E-state index in [-0.39, 0.29) is 12.5 Å². The molecule has 2 aromatic rings. The molecule has 2 aromatic carbocycles. The molecule has 100 valence electrons. The van der Waals surface area contributed by atoms with Crippen LogP contribution in [0.4, 0.5) is 0 Å². The highest BCUT2D eigenvalue weighted by Crippen LogP contribution is 2.21. The first kappa shape index (κ1) is 13.8. The van der Waals surface area contributed by atoms with Crippen LogP contribution in [-0.4, -0.2) is 22.9 Å². The van der Waals surface area contributed by atoms with Gasteiger partial charge < -0.3 is 10.2 Å². The first-order valence-corrected chi connectivity index (χ1v) is 6.62. The van der Waals surface area contributed by atoms with Crippen molar-refractivity contribution in [2.75, 3.05) is 6.61 Å². The van der Waals surface area contributed by atoms with Crippen molar-refractivity contribution in [3.05, 3.63) is 71.3 Å². The van der Waals surface area contributed by atoms with E-state index in [1.807, 2.05) is 37.3 Å². The molecule has 0 aliphatic heterocycles. The molecular weight excluding hydrogens is 236 g/mol. The normalized spacial score (nSPS) is 14.1. The fourth-order valence-corrected chi connectivity index (χ4v) is 2.20. The highest BCUT2D eigenvalue weighted by atomic mass is 16.3. The van der Waals surface area contributed by atoms with Crippen molar-refractivity contribution in [3.63, 3.8) is 0 Å². The zero-order valence-corrected chi connectivity index (χ0v) is 11.2. The summed E-state index contributed by atoms with van der Waals surface area (Å²) >= 11 is 0. The largest absolute Gasteiger partial charge is 0.394 e. The summed E-state index contributed by atoms with van der Waals surface area (Å²) in [7, 11) is 0. The smallest absolute Gasteiger partial charge is 0.0836 e. The summed E-state index contributed by atoms with van der Waals surface area (Å²) in [5, 5.41) is 18.7. The summed E-state index contributed by atoms with van der Waals surface area (Å²) in [6.45, 7) is 1.73. The zero-order valence-electron chi connectivity index (χ0n) is 11.2. The SMILES string of the molecule is C[C@@H](c1cccc(Cc2ccccc2)c1)[C@@H](O)CO. The van der Waals surface area contributed by atoms with Crippen molar-refractivity contribution in [2.24, 2.45) is 0 Å². The topological polar surface area (TPSA) is 40.5 Å². The standard InChI is InChI=1S/C17H20O2/c1-13(17(19)12-18)16-9-5-8-15(11-16)10-14-6-3-2-4-7-14/h2-9,11,13,17-19H,10,12H2,1H3/t13-,17-/m0/s1. The average molecular weight is 256 g/mol. The van der Waals surface area contributed by atoms with E-state index in [1.54, 1.807) is 0 Å². The number of rotatable bonds is 5. The fraction of sp³-hybridized carbons (Fsp3) is 0.294. The highest BCUT2D eigenvalue weighted by Gasteiger charge is 2.15. The van der Waals surface area contributed by atoms with E-state index < -0.39 is 6.10 Å². The minimum Gasteiger partial charge on any atom is -0.394 e. The molecule has 0 amide bonds. The maximum absolute atomic E-state index is 9.71. The fourth-order valence-electron chi connectivity index (χ4n) is 2.20. The van der Waals surface area contributed by atoms with Gasteiger partial charge in [0.2, 0.25) is 0 Å². The highest BCUT2D eigenvalue weighted by molar-refractivity contribution is 5.31. The van der Waals surface area contributed by atoms with E-state index in [2.05, 4.69) is 24.3 Å². The van der Waals surface area contributed by atoms with Crippen LogP contribution in [0, 0.1) is 0 Å². The molecular formula is C17H20O2. The van der Waals surface area contributed by atoms with E-state index in [0.29, 0.717) is 0 Å². The van der Waals surface area contributed by atoms with Crippen LogP contribution in [0.1, 0.15) is 29.5 Å². The summed E-state index contributed by atoms with van der Waals surface area (Å²) in [6.07, 6.45) is 0.184. The summed E-state index contributed by atoms with van der Waals surface area (Å²) in [4.78, 5) is 0. The van der Waals surface area contributed by atoms with Crippen LogP contribution in [0.2, 0.25) is 0 Å². The quantitative estimate of drug-likeness (QED) is 0.863. The lowest BCUT2D eigenvalue weighted by Crippen LogP contribution is -2.20. The molecule has 0 heterocycles. The van der Waals surface area contributed by atoms with Crippen LogP contribution in [0.15, 0.2) is 54.6 Å². The number of hydrogen-bond acceptors (Lipinski definition) is 2. The Kier molecular flexibility index (Phi) is 4.72. The summed E-state index contributed by atoms with van der Waals surface area (Å²) < 4.78 is 0. The Bertz CT molecular complexity index is 508. The third kappa shape index (κ3) is 3.66. The van der Waals surface area contributed by atoms with Gasteiger partial charge in [-0.2, -0.15) is 0 Å². The van der Waals surface area contributed by atoms with Crippen LogP contribution in [0.25, 0.3) is 0 Å². The van der Waals surface area contributed by atoms with Gasteiger partial charge in [-0.25, -0.2) is 0 Å². The molecule has 2 heteroatoms. The molecule has 2 rings (SSSR count). The van der Waals surface area contributed by atoms with Gasteiger partial charge in [0.1, 0.15) is 0 Å². The second-order valence-corrected chi connectivity index (χ2v) is 4.95. The van der Waals surface area contributed by atoms with Crippen molar-refractivity contribution >= 4 is 0 Å². The van der Waals surface area contributed by atoms with Crippen molar-refractivity contribution in [1.82, 2.24) is 0 Å². The minimum atomic E-state index is -0.702. The van der Waals surface area contributed by atoms with Gasteiger partial charge in [0, 0.05) is 5.92 Å². The Morgan fingerprint density at radius 2 is 1.63 bits per heavy atom. The van der Waals surface area contributed by atoms with E-state index in [9.17, 15) is 5.11 Å². The van der Waals surface area contributed by atoms with E-state index >= 15 is 0 Å². The Labute approximate surface area is 114 Å². The van der Waals surface area contributed by atoms with Gasteiger partial charge in [0.25, 0.3) is 0 Å².